The van der Waals surface area contributed by atoms with Gasteiger partial charge in [-0.25, -0.2) is 9.59 Å². The minimum atomic E-state index is -0.500. The molecule has 1 fully saturated rings. The fourth-order valence-corrected chi connectivity index (χ4v) is 2.47. The molecule has 0 aliphatic carbocycles. The van der Waals surface area contributed by atoms with Gasteiger partial charge in [-0.15, -0.1) is 0 Å². The van der Waals surface area contributed by atoms with Gasteiger partial charge in [0.15, 0.2) is 0 Å². The first-order valence-electron chi connectivity index (χ1n) is 8.93. The van der Waals surface area contributed by atoms with Crippen LogP contribution in [0.2, 0.25) is 0 Å². The zero-order valence-corrected chi connectivity index (χ0v) is 15.0. The van der Waals surface area contributed by atoms with Crippen molar-refractivity contribution in [3.8, 4) is 0 Å². The maximum Gasteiger partial charge on any atom is 0.331 e. The first-order valence-corrected chi connectivity index (χ1v) is 8.93. The van der Waals surface area contributed by atoms with E-state index in [4.69, 9.17) is 14.2 Å². The van der Waals surface area contributed by atoms with E-state index in [0.717, 1.165) is 70.7 Å². The summed E-state index contributed by atoms with van der Waals surface area (Å²) in [4.78, 5) is 25.3. The highest BCUT2D eigenvalue weighted by molar-refractivity contribution is 5.91. The first-order chi connectivity index (χ1) is 11.6. The van der Waals surface area contributed by atoms with Crippen molar-refractivity contribution < 1.29 is 23.8 Å². The fraction of sp³-hybridized carbons (Fsp3) is 0.778. The van der Waals surface area contributed by atoms with Gasteiger partial charge in [-0.05, 0) is 31.7 Å². The molecule has 0 bridgehead atoms. The second kappa shape index (κ2) is 13.0. The Labute approximate surface area is 145 Å². The van der Waals surface area contributed by atoms with E-state index in [2.05, 4.69) is 11.8 Å². The molecule has 1 saturated heterocycles. The predicted octanol–water partition coefficient (Wildman–Crippen LogP) is 2.18. The van der Waals surface area contributed by atoms with Crippen LogP contribution >= 0.6 is 0 Å². The molecule has 6 heteroatoms. The number of hydrogen-bond acceptors (Lipinski definition) is 6. The Kier molecular flexibility index (Phi) is 11.1. The number of rotatable bonds is 11. The summed E-state index contributed by atoms with van der Waals surface area (Å²) in [5.41, 5.74) is 0. The van der Waals surface area contributed by atoms with Crippen molar-refractivity contribution in [2.45, 2.75) is 39.5 Å². The second-order valence-electron chi connectivity index (χ2n) is 6.19. The van der Waals surface area contributed by atoms with Gasteiger partial charge < -0.3 is 14.2 Å². The molecule has 0 amide bonds. The largest absolute Gasteiger partial charge is 0.463 e. The number of unbranched alkanes of at least 4 members (excludes halogenated alkanes) is 1. The molecule has 0 aromatic rings. The van der Waals surface area contributed by atoms with Crippen molar-refractivity contribution in [3.05, 3.63) is 12.2 Å². The third-order valence-corrected chi connectivity index (χ3v) is 3.86. The standard InChI is InChI=1S/C18H31NO5/c1-3-6-16(2)15-24-18(21)8-7-17(20)23-12-5-4-9-19-10-13-22-14-11-19/h7-8,16H,3-6,9-15H2,1-2H3/b8-7+. The average molecular weight is 341 g/mol. The minimum Gasteiger partial charge on any atom is -0.463 e. The molecular weight excluding hydrogens is 310 g/mol. The van der Waals surface area contributed by atoms with Crippen molar-refractivity contribution >= 4 is 11.9 Å². The van der Waals surface area contributed by atoms with E-state index in [0.29, 0.717) is 19.1 Å². The summed E-state index contributed by atoms with van der Waals surface area (Å²) < 4.78 is 15.4. The van der Waals surface area contributed by atoms with Gasteiger partial charge in [-0.3, -0.25) is 4.90 Å². The number of carbonyl (C=O) groups is 2. The highest BCUT2D eigenvalue weighted by atomic mass is 16.5. The van der Waals surface area contributed by atoms with Gasteiger partial charge in [0.25, 0.3) is 0 Å². The first kappa shape index (κ1) is 20.6. The normalized spacial score (nSPS) is 16.9. The summed E-state index contributed by atoms with van der Waals surface area (Å²) in [5, 5.41) is 0. The van der Waals surface area contributed by atoms with Crippen LogP contribution in [0.5, 0.6) is 0 Å². The molecule has 0 aromatic heterocycles. The Morgan fingerprint density at radius 1 is 1.12 bits per heavy atom. The van der Waals surface area contributed by atoms with E-state index in [-0.39, 0.29) is 0 Å². The van der Waals surface area contributed by atoms with Crippen LogP contribution in [-0.2, 0) is 23.8 Å². The van der Waals surface area contributed by atoms with Gasteiger partial charge in [0.2, 0.25) is 0 Å². The summed E-state index contributed by atoms with van der Waals surface area (Å²) >= 11 is 0. The summed E-state index contributed by atoms with van der Waals surface area (Å²) in [6, 6.07) is 0. The fourth-order valence-electron chi connectivity index (χ4n) is 2.47. The number of esters is 2. The van der Waals surface area contributed by atoms with E-state index < -0.39 is 11.9 Å². The number of morpholine rings is 1. The lowest BCUT2D eigenvalue weighted by Gasteiger charge is -2.26. The quantitative estimate of drug-likeness (QED) is 0.326. The molecule has 0 N–H and O–H groups in total. The Bertz CT molecular complexity index is 391. The topological polar surface area (TPSA) is 65.1 Å². The van der Waals surface area contributed by atoms with Crippen molar-refractivity contribution in [2.75, 3.05) is 46.1 Å². The molecule has 0 radical (unpaired) electrons. The van der Waals surface area contributed by atoms with Gasteiger partial charge in [0.1, 0.15) is 0 Å². The summed E-state index contributed by atoms with van der Waals surface area (Å²) in [5.74, 6) is -0.659. The molecule has 0 saturated carbocycles. The van der Waals surface area contributed by atoms with E-state index in [9.17, 15) is 9.59 Å². The average Bonchev–Trinajstić information content (AvgIpc) is 2.59. The maximum absolute atomic E-state index is 11.5. The Morgan fingerprint density at radius 2 is 1.79 bits per heavy atom. The molecule has 1 aliphatic heterocycles. The van der Waals surface area contributed by atoms with Crippen molar-refractivity contribution in [1.29, 1.82) is 0 Å². The van der Waals surface area contributed by atoms with Crippen molar-refractivity contribution in [2.24, 2.45) is 5.92 Å². The lowest BCUT2D eigenvalue weighted by Crippen LogP contribution is -2.36. The Hall–Kier alpha value is -1.40. The van der Waals surface area contributed by atoms with Crippen LogP contribution in [0.4, 0.5) is 0 Å². The third-order valence-electron chi connectivity index (χ3n) is 3.86. The zero-order valence-electron chi connectivity index (χ0n) is 15.0. The van der Waals surface area contributed by atoms with Crippen LogP contribution in [-0.4, -0.2) is 62.9 Å². The lowest BCUT2D eigenvalue weighted by atomic mass is 10.1. The molecule has 6 nitrogen and oxygen atoms in total. The van der Waals surface area contributed by atoms with Gasteiger partial charge in [-0.2, -0.15) is 0 Å². The van der Waals surface area contributed by atoms with Crippen molar-refractivity contribution in [1.82, 2.24) is 4.90 Å². The molecule has 1 unspecified atom stereocenters. The smallest absolute Gasteiger partial charge is 0.331 e. The van der Waals surface area contributed by atoms with Crippen LogP contribution in [0.3, 0.4) is 0 Å². The van der Waals surface area contributed by atoms with Crippen LogP contribution in [0.15, 0.2) is 12.2 Å². The van der Waals surface area contributed by atoms with E-state index >= 15 is 0 Å². The zero-order chi connectivity index (χ0) is 17.6. The summed E-state index contributed by atoms with van der Waals surface area (Å²) in [6.07, 6.45) is 6.14. The van der Waals surface area contributed by atoms with Gasteiger partial charge >= 0.3 is 11.9 Å². The molecule has 0 spiro atoms. The monoisotopic (exact) mass is 341 g/mol. The molecular formula is C18H31NO5. The molecule has 1 rings (SSSR count). The van der Waals surface area contributed by atoms with Gasteiger partial charge in [0.05, 0.1) is 26.4 Å². The van der Waals surface area contributed by atoms with Crippen LogP contribution in [0.1, 0.15) is 39.5 Å². The van der Waals surface area contributed by atoms with E-state index in [1.807, 2.05) is 6.92 Å². The third kappa shape index (κ3) is 10.4. The highest BCUT2D eigenvalue weighted by Crippen LogP contribution is 2.05. The van der Waals surface area contributed by atoms with E-state index in [1.165, 1.54) is 0 Å². The predicted molar refractivity (Wildman–Crippen MR) is 91.6 cm³/mol. The summed E-state index contributed by atoms with van der Waals surface area (Å²) in [7, 11) is 0. The second-order valence-corrected chi connectivity index (χ2v) is 6.19. The van der Waals surface area contributed by atoms with E-state index in [1.54, 1.807) is 0 Å². The SMILES string of the molecule is CCCC(C)COC(=O)/C=C/C(=O)OCCCCN1CCOCC1. The molecule has 1 aliphatic rings. The van der Waals surface area contributed by atoms with Gasteiger partial charge in [0, 0.05) is 25.2 Å². The molecule has 138 valence electrons. The van der Waals surface area contributed by atoms with Crippen LogP contribution in [0, 0.1) is 5.92 Å². The highest BCUT2D eigenvalue weighted by Gasteiger charge is 2.09. The molecule has 24 heavy (non-hydrogen) atoms. The number of carbonyl (C=O) groups excluding carboxylic acids is 2. The van der Waals surface area contributed by atoms with Crippen molar-refractivity contribution in [3.63, 3.8) is 0 Å². The molecule has 0 aromatic carbocycles. The van der Waals surface area contributed by atoms with Gasteiger partial charge in [-0.1, -0.05) is 20.3 Å². The number of nitrogens with zero attached hydrogens (tertiary/aromatic N) is 1. The number of ether oxygens (including phenoxy) is 3. The van der Waals surface area contributed by atoms with Crippen LogP contribution in [0.25, 0.3) is 0 Å². The molecule has 1 heterocycles. The number of hydrogen-bond donors (Lipinski definition) is 0. The lowest BCUT2D eigenvalue weighted by molar-refractivity contribution is -0.141. The molecule has 1 atom stereocenters. The minimum absolute atomic E-state index is 0.339. The Morgan fingerprint density at radius 3 is 2.46 bits per heavy atom. The Balaban J connectivity index is 2.02. The maximum atomic E-state index is 11.5. The van der Waals surface area contributed by atoms with Crippen LogP contribution < -0.4 is 0 Å². The summed E-state index contributed by atoms with van der Waals surface area (Å²) in [6.45, 7) is 9.42.